The Kier molecular flexibility index (Phi) is 4.97. The van der Waals surface area contributed by atoms with Gasteiger partial charge in [0.1, 0.15) is 11.6 Å². The van der Waals surface area contributed by atoms with Crippen LogP contribution in [0.4, 0.5) is 17.6 Å². The summed E-state index contributed by atoms with van der Waals surface area (Å²) in [6.07, 6.45) is -0.199. The average Bonchev–Trinajstić information content (AvgIpc) is 2.41. The molecule has 112 valence electrons. The largest absolute Gasteiger partial charge is 0.271 e. The molecule has 0 aliphatic carbocycles. The van der Waals surface area contributed by atoms with Gasteiger partial charge in [0.2, 0.25) is 0 Å². The molecule has 0 bridgehead atoms. The normalized spacial score (nSPS) is 12.5. The number of hydrogen-bond donors (Lipinski definition) is 2. The van der Waals surface area contributed by atoms with Crippen LogP contribution < -0.4 is 11.3 Å². The van der Waals surface area contributed by atoms with E-state index in [9.17, 15) is 17.6 Å². The van der Waals surface area contributed by atoms with Gasteiger partial charge in [-0.1, -0.05) is 28.1 Å². The second-order valence-corrected chi connectivity index (χ2v) is 5.34. The molecule has 0 aromatic heterocycles. The van der Waals surface area contributed by atoms with Crippen LogP contribution in [0.25, 0.3) is 0 Å². The molecule has 3 N–H and O–H groups in total. The van der Waals surface area contributed by atoms with E-state index >= 15 is 0 Å². The lowest BCUT2D eigenvalue weighted by Crippen LogP contribution is -2.31. The first-order valence-electron chi connectivity index (χ1n) is 5.97. The van der Waals surface area contributed by atoms with Crippen LogP contribution in [0.3, 0.4) is 0 Å². The Labute approximate surface area is 127 Å². The Morgan fingerprint density at radius 3 is 2.24 bits per heavy atom. The lowest BCUT2D eigenvalue weighted by molar-refractivity contribution is 0.454. The summed E-state index contributed by atoms with van der Waals surface area (Å²) in [5.74, 6) is 1.55. The van der Waals surface area contributed by atoms with E-state index in [2.05, 4.69) is 21.4 Å². The maximum Gasteiger partial charge on any atom is 0.162 e. The van der Waals surface area contributed by atoms with Gasteiger partial charge in [-0.15, -0.1) is 0 Å². The fourth-order valence-electron chi connectivity index (χ4n) is 2.06. The highest BCUT2D eigenvalue weighted by atomic mass is 79.9. The van der Waals surface area contributed by atoms with Gasteiger partial charge in [0.05, 0.1) is 6.04 Å². The molecule has 0 heterocycles. The summed E-state index contributed by atoms with van der Waals surface area (Å²) >= 11 is 2.96. The molecule has 0 aliphatic rings. The number of benzene rings is 2. The smallest absolute Gasteiger partial charge is 0.162 e. The van der Waals surface area contributed by atoms with Crippen LogP contribution in [-0.4, -0.2) is 0 Å². The average molecular weight is 363 g/mol. The van der Waals surface area contributed by atoms with E-state index in [0.717, 1.165) is 18.2 Å². The van der Waals surface area contributed by atoms with Crippen LogP contribution in [-0.2, 0) is 6.42 Å². The van der Waals surface area contributed by atoms with E-state index in [1.807, 2.05) is 0 Å². The molecule has 21 heavy (non-hydrogen) atoms. The van der Waals surface area contributed by atoms with Gasteiger partial charge >= 0.3 is 0 Å². The summed E-state index contributed by atoms with van der Waals surface area (Å²) in [6, 6.07) is 4.72. The van der Waals surface area contributed by atoms with Gasteiger partial charge in [-0.2, -0.15) is 0 Å². The molecule has 0 radical (unpaired) electrons. The lowest BCUT2D eigenvalue weighted by atomic mass is 9.98. The number of rotatable bonds is 4. The molecular weight excluding hydrogens is 352 g/mol. The second-order valence-electron chi connectivity index (χ2n) is 4.42. The van der Waals surface area contributed by atoms with Crippen molar-refractivity contribution < 1.29 is 17.6 Å². The van der Waals surface area contributed by atoms with Gasteiger partial charge in [-0.05, 0) is 30.2 Å². The quantitative estimate of drug-likeness (QED) is 0.493. The van der Waals surface area contributed by atoms with Crippen molar-refractivity contribution in [1.82, 2.24) is 5.43 Å². The highest BCUT2D eigenvalue weighted by Crippen LogP contribution is 2.27. The number of hydrazine groups is 1. The van der Waals surface area contributed by atoms with E-state index in [1.54, 1.807) is 0 Å². The molecular formula is C14H11BrF4N2. The van der Waals surface area contributed by atoms with Crippen molar-refractivity contribution in [3.05, 3.63) is 69.2 Å². The first-order chi connectivity index (χ1) is 9.93. The molecule has 0 amide bonds. The van der Waals surface area contributed by atoms with E-state index in [-0.39, 0.29) is 22.0 Å². The molecule has 2 rings (SSSR count). The molecule has 2 nitrogen and oxygen atoms in total. The Bertz CT molecular complexity index is 640. The fraction of sp³-hybridized carbons (Fsp3) is 0.143. The van der Waals surface area contributed by atoms with Crippen molar-refractivity contribution in [2.24, 2.45) is 5.84 Å². The highest BCUT2D eigenvalue weighted by molar-refractivity contribution is 9.10. The fourth-order valence-corrected chi connectivity index (χ4v) is 2.46. The Hall–Kier alpha value is -1.44. The van der Waals surface area contributed by atoms with Crippen LogP contribution in [0, 0.1) is 23.3 Å². The molecule has 0 saturated heterocycles. The van der Waals surface area contributed by atoms with Crippen molar-refractivity contribution in [2.45, 2.75) is 12.5 Å². The first-order valence-corrected chi connectivity index (χ1v) is 6.76. The van der Waals surface area contributed by atoms with Crippen molar-refractivity contribution in [1.29, 1.82) is 0 Å². The van der Waals surface area contributed by atoms with Gasteiger partial charge in [0.15, 0.2) is 11.6 Å². The zero-order valence-electron chi connectivity index (χ0n) is 10.6. The summed E-state index contributed by atoms with van der Waals surface area (Å²) in [5.41, 5.74) is 1.87. The van der Waals surface area contributed by atoms with Crippen LogP contribution in [0.2, 0.25) is 0 Å². The zero-order chi connectivity index (χ0) is 15.6. The summed E-state index contributed by atoms with van der Waals surface area (Å²) in [5, 5.41) is 0. The van der Waals surface area contributed by atoms with Crippen molar-refractivity contribution >= 4 is 15.9 Å². The molecule has 1 unspecified atom stereocenters. The second kappa shape index (κ2) is 6.55. The van der Waals surface area contributed by atoms with Crippen LogP contribution >= 0.6 is 15.9 Å². The maximum absolute atomic E-state index is 13.9. The van der Waals surface area contributed by atoms with Crippen molar-refractivity contribution in [2.75, 3.05) is 0 Å². The van der Waals surface area contributed by atoms with Gasteiger partial charge in [0, 0.05) is 10.0 Å². The van der Waals surface area contributed by atoms with E-state index in [0.29, 0.717) is 0 Å². The van der Waals surface area contributed by atoms with Gasteiger partial charge in [-0.25, -0.2) is 17.6 Å². The van der Waals surface area contributed by atoms with Crippen LogP contribution in [0.5, 0.6) is 0 Å². The molecule has 0 fully saturated rings. The van der Waals surface area contributed by atoms with Gasteiger partial charge in [-0.3, -0.25) is 11.3 Å². The molecule has 2 aromatic rings. The lowest BCUT2D eigenvalue weighted by Gasteiger charge is -2.18. The Morgan fingerprint density at radius 2 is 1.67 bits per heavy atom. The van der Waals surface area contributed by atoms with E-state index < -0.39 is 29.3 Å². The van der Waals surface area contributed by atoms with Crippen molar-refractivity contribution in [3.63, 3.8) is 0 Å². The first kappa shape index (κ1) is 15.9. The molecule has 2 aromatic carbocycles. The minimum absolute atomic E-state index is 0.0281. The predicted molar refractivity (Wildman–Crippen MR) is 74.2 cm³/mol. The number of halogens is 5. The monoisotopic (exact) mass is 362 g/mol. The minimum Gasteiger partial charge on any atom is -0.271 e. The van der Waals surface area contributed by atoms with Crippen LogP contribution in [0.15, 0.2) is 34.8 Å². The molecule has 0 aliphatic heterocycles. The Balaban J connectivity index is 2.39. The summed E-state index contributed by atoms with van der Waals surface area (Å²) in [4.78, 5) is 0. The zero-order valence-corrected chi connectivity index (χ0v) is 12.2. The van der Waals surface area contributed by atoms with Gasteiger partial charge in [0.25, 0.3) is 0 Å². The number of hydrogen-bond acceptors (Lipinski definition) is 2. The van der Waals surface area contributed by atoms with E-state index in [4.69, 9.17) is 5.84 Å². The molecule has 0 spiro atoms. The molecule has 0 saturated carbocycles. The molecule has 7 heteroatoms. The Morgan fingerprint density at radius 1 is 1.05 bits per heavy atom. The number of nitrogens with one attached hydrogen (secondary N) is 1. The maximum atomic E-state index is 13.9. The highest BCUT2D eigenvalue weighted by Gasteiger charge is 2.22. The predicted octanol–water partition coefficient (Wildman–Crippen LogP) is 3.75. The topological polar surface area (TPSA) is 38.0 Å². The molecule has 1 atom stereocenters. The van der Waals surface area contributed by atoms with Crippen LogP contribution in [0.1, 0.15) is 17.2 Å². The SMILES string of the molecule is NNC(Cc1cccc(F)c1F)c1c(F)cc(Br)cc1F. The summed E-state index contributed by atoms with van der Waals surface area (Å²) < 4.78 is 54.8. The third-order valence-electron chi connectivity index (χ3n) is 3.05. The standard InChI is InChI=1S/C14H11BrF4N2/c15-8-5-10(17)13(11(18)6-8)12(21-20)4-7-2-1-3-9(16)14(7)19/h1-3,5-6,12,21H,4,20H2. The minimum atomic E-state index is -1.06. The third kappa shape index (κ3) is 3.42. The summed E-state index contributed by atoms with van der Waals surface area (Å²) in [6.45, 7) is 0. The van der Waals surface area contributed by atoms with Gasteiger partial charge < -0.3 is 0 Å². The summed E-state index contributed by atoms with van der Waals surface area (Å²) in [7, 11) is 0. The third-order valence-corrected chi connectivity index (χ3v) is 3.51. The van der Waals surface area contributed by atoms with E-state index in [1.165, 1.54) is 12.1 Å². The number of nitrogens with two attached hydrogens (primary N) is 1. The van der Waals surface area contributed by atoms with Crippen molar-refractivity contribution in [3.8, 4) is 0 Å².